The molecule has 1 heterocycles. The molecule has 1 atom stereocenters. The van der Waals surface area contributed by atoms with E-state index in [0.29, 0.717) is 12.5 Å². The number of benzene rings is 1. The van der Waals surface area contributed by atoms with Crippen LogP contribution in [0.15, 0.2) is 30.5 Å². The van der Waals surface area contributed by atoms with Crippen molar-refractivity contribution in [3.05, 3.63) is 47.3 Å². The van der Waals surface area contributed by atoms with Gasteiger partial charge in [-0.3, -0.25) is 4.79 Å². The Morgan fingerprint density at radius 1 is 1.38 bits per heavy atom. The lowest BCUT2D eigenvalue weighted by molar-refractivity contribution is -0.121. The first-order chi connectivity index (χ1) is 10.1. The lowest BCUT2D eigenvalue weighted by Gasteiger charge is -2.30. The van der Waals surface area contributed by atoms with E-state index >= 15 is 0 Å². The Morgan fingerprint density at radius 2 is 2.19 bits per heavy atom. The molecule has 0 saturated carbocycles. The Bertz CT molecular complexity index is 695. The highest BCUT2D eigenvalue weighted by atomic mass is 16.4. The fourth-order valence-electron chi connectivity index (χ4n) is 2.46. The number of fused-ring (bicyclic) bond motifs is 1. The van der Waals surface area contributed by atoms with E-state index in [-0.39, 0.29) is 18.1 Å². The van der Waals surface area contributed by atoms with Crippen molar-refractivity contribution >= 4 is 11.9 Å². The summed E-state index contributed by atoms with van der Waals surface area (Å²) in [5, 5.41) is 18.6. The van der Waals surface area contributed by atoms with Gasteiger partial charge in [0.15, 0.2) is 5.69 Å². The second-order valence-corrected chi connectivity index (χ2v) is 5.01. The Hall–Kier alpha value is -2.70. The van der Waals surface area contributed by atoms with Crippen LogP contribution < -0.4 is 5.32 Å². The van der Waals surface area contributed by atoms with E-state index in [9.17, 15) is 9.59 Å². The van der Waals surface area contributed by atoms with Crippen LogP contribution in [0.2, 0.25) is 0 Å². The van der Waals surface area contributed by atoms with Crippen LogP contribution in [0.5, 0.6) is 0 Å². The second kappa shape index (κ2) is 5.35. The minimum Gasteiger partial charge on any atom is -0.476 e. The maximum Gasteiger partial charge on any atom is 0.358 e. The number of amides is 1. The van der Waals surface area contributed by atoms with Crippen LogP contribution >= 0.6 is 0 Å². The fraction of sp³-hybridized carbons (Fsp3) is 0.286. The number of carboxylic acid groups (broad SMARTS) is 1. The zero-order valence-electron chi connectivity index (χ0n) is 11.2. The van der Waals surface area contributed by atoms with Gasteiger partial charge in [-0.1, -0.05) is 29.5 Å². The molecule has 0 aliphatic heterocycles. The normalized spacial score (nSPS) is 15.9. The van der Waals surface area contributed by atoms with Gasteiger partial charge in [-0.05, 0) is 17.5 Å². The zero-order chi connectivity index (χ0) is 14.8. The number of nitrogens with zero attached hydrogens (tertiary/aromatic N) is 3. The third-order valence-electron chi connectivity index (χ3n) is 3.57. The lowest BCUT2D eigenvalue weighted by Crippen LogP contribution is -2.35. The fourth-order valence-corrected chi connectivity index (χ4v) is 2.46. The van der Waals surface area contributed by atoms with Crippen LogP contribution in [0, 0.1) is 0 Å². The molecule has 0 spiro atoms. The molecular weight excluding hydrogens is 272 g/mol. The van der Waals surface area contributed by atoms with Gasteiger partial charge in [0.2, 0.25) is 5.91 Å². The molecular formula is C14H14N4O3. The molecule has 1 aromatic heterocycles. The zero-order valence-corrected chi connectivity index (χ0v) is 11.2. The number of carbonyl (C=O) groups excluding carboxylic acids is 1. The molecule has 2 N–H and O–H groups in total. The Morgan fingerprint density at radius 3 is 2.90 bits per heavy atom. The van der Waals surface area contributed by atoms with E-state index in [4.69, 9.17) is 5.11 Å². The molecule has 1 aliphatic carbocycles. The van der Waals surface area contributed by atoms with Crippen LogP contribution in [-0.4, -0.2) is 38.5 Å². The van der Waals surface area contributed by atoms with Crippen molar-refractivity contribution < 1.29 is 14.7 Å². The van der Waals surface area contributed by atoms with Crippen molar-refractivity contribution in [2.45, 2.75) is 18.9 Å². The first kappa shape index (κ1) is 13.3. The maximum absolute atomic E-state index is 11.8. The van der Waals surface area contributed by atoms with Gasteiger partial charge in [0.05, 0.1) is 6.20 Å². The van der Waals surface area contributed by atoms with Crippen LogP contribution in [0.1, 0.15) is 27.5 Å². The standard InChI is InChI=1S/C14H14N4O3/c19-13(8-18-7-12(14(20)21)16-17-18)15-6-10-5-9-3-1-2-4-11(9)10/h1-4,7,10H,5-6,8H2,(H,15,19)(H,20,21). The number of aromatic nitrogens is 3. The van der Waals surface area contributed by atoms with Crippen LogP contribution in [0.25, 0.3) is 0 Å². The van der Waals surface area contributed by atoms with E-state index in [2.05, 4.69) is 27.8 Å². The quantitative estimate of drug-likeness (QED) is 0.831. The first-order valence-corrected chi connectivity index (χ1v) is 6.61. The number of nitrogens with one attached hydrogen (secondary N) is 1. The van der Waals surface area contributed by atoms with Crippen molar-refractivity contribution in [3.63, 3.8) is 0 Å². The molecule has 2 aromatic rings. The third kappa shape index (κ3) is 2.76. The summed E-state index contributed by atoms with van der Waals surface area (Å²) in [6, 6.07) is 8.18. The number of carboxylic acids is 1. The summed E-state index contributed by atoms with van der Waals surface area (Å²) in [5.74, 6) is -1.01. The molecule has 7 nitrogen and oxygen atoms in total. The number of carbonyl (C=O) groups is 2. The van der Waals surface area contributed by atoms with Crippen molar-refractivity contribution in [2.24, 2.45) is 0 Å². The van der Waals surface area contributed by atoms with Gasteiger partial charge in [0, 0.05) is 12.5 Å². The highest BCUT2D eigenvalue weighted by molar-refractivity contribution is 5.84. The van der Waals surface area contributed by atoms with Gasteiger partial charge in [0.25, 0.3) is 0 Å². The van der Waals surface area contributed by atoms with Gasteiger partial charge in [0.1, 0.15) is 6.54 Å². The minimum atomic E-state index is -1.16. The summed E-state index contributed by atoms with van der Waals surface area (Å²) in [6.45, 7) is 0.547. The molecule has 0 bridgehead atoms. The average Bonchev–Trinajstić information content (AvgIpc) is 2.88. The number of hydrogen-bond donors (Lipinski definition) is 2. The van der Waals surface area contributed by atoms with Crippen LogP contribution in [0.3, 0.4) is 0 Å². The van der Waals surface area contributed by atoms with Crippen molar-refractivity contribution in [2.75, 3.05) is 6.54 Å². The molecule has 1 aliphatic rings. The van der Waals surface area contributed by atoms with Crippen LogP contribution in [-0.2, 0) is 17.8 Å². The number of hydrogen-bond acceptors (Lipinski definition) is 4. The summed E-state index contributed by atoms with van der Waals surface area (Å²) in [6.07, 6.45) is 2.21. The predicted molar refractivity (Wildman–Crippen MR) is 72.9 cm³/mol. The SMILES string of the molecule is O=C(Cn1cc(C(=O)O)nn1)NCC1Cc2ccccc21. The molecule has 108 valence electrons. The number of rotatable bonds is 5. The molecule has 3 rings (SSSR count). The highest BCUT2D eigenvalue weighted by Crippen LogP contribution is 2.33. The van der Waals surface area contributed by atoms with Crippen molar-refractivity contribution in [3.8, 4) is 0 Å². The van der Waals surface area contributed by atoms with Crippen molar-refractivity contribution in [1.82, 2.24) is 20.3 Å². The van der Waals surface area contributed by atoms with E-state index in [1.807, 2.05) is 12.1 Å². The van der Waals surface area contributed by atoms with E-state index in [0.717, 1.165) is 6.42 Å². The van der Waals surface area contributed by atoms with Gasteiger partial charge < -0.3 is 10.4 Å². The summed E-state index contributed by atoms with van der Waals surface area (Å²) in [4.78, 5) is 22.5. The Kier molecular flexibility index (Phi) is 3.39. The maximum atomic E-state index is 11.8. The Balaban J connectivity index is 1.50. The lowest BCUT2D eigenvalue weighted by atomic mass is 9.77. The van der Waals surface area contributed by atoms with E-state index in [1.165, 1.54) is 22.0 Å². The molecule has 1 amide bonds. The molecule has 1 unspecified atom stereocenters. The van der Waals surface area contributed by atoms with E-state index < -0.39 is 5.97 Å². The highest BCUT2D eigenvalue weighted by Gasteiger charge is 2.25. The van der Waals surface area contributed by atoms with E-state index in [1.54, 1.807) is 0 Å². The second-order valence-electron chi connectivity index (χ2n) is 5.01. The smallest absolute Gasteiger partial charge is 0.358 e. The molecule has 0 radical (unpaired) electrons. The Labute approximate surface area is 120 Å². The topological polar surface area (TPSA) is 97.1 Å². The summed E-state index contributed by atoms with van der Waals surface area (Å²) in [7, 11) is 0. The first-order valence-electron chi connectivity index (χ1n) is 6.61. The van der Waals surface area contributed by atoms with Gasteiger partial charge in [-0.15, -0.1) is 5.10 Å². The van der Waals surface area contributed by atoms with Gasteiger partial charge in [-0.2, -0.15) is 0 Å². The third-order valence-corrected chi connectivity index (χ3v) is 3.57. The molecule has 0 fully saturated rings. The monoisotopic (exact) mass is 286 g/mol. The largest absolute Gasteiger partial charge is 0.476 e. The van der Waals surface area contributed by atoms with Gasteiger partial charge in [-0.25, -0.2) is 9.48 Å². The predicted octanol–water partition coefficient (Wildman–Crippen LogP) is 0.432. The van der Waals surface area contributed by atoms with Crippen LogP contribution in [0.4, 0.5) is 0 Å². The summed E-state index contributed by atoms with van der Waals surface area (Å²) < 4.78 is 1.22. The van der Waals surface area contributed by atoms with Gasteiger partial charge >= 0.3 is 5.97 Å². The average molecular weight is 286 g/mol. The summed E-state index contributed by atoms with van der Waals surface area (Å²) in [5.41, 5.74) is 2.45. The molecule has 1 aromatic carbocycles. The van der Waals surface area contributed by atoms with Crippen molar-refractivity contribution in [1.29, 1.82) is 0 Å². The summed E-state index contributed by atoms with van der Waals surface area (Å²) >= 11 is 0. The minimum absolute atomic E-state index is 0.0331. The molecule has 0 saturated heterocycles. The molecule has 7 heteroatoms. The molecule has 21 heavy (non-hydrogen) atoms. The number of aromatic carboxylic acids is 1.